The minimum absolute atomic E-state index is 0.194. The molecule has 0 atom stereocenters. The second kappa shape index (κ2) is 5.12. The van der Waals surface area contributed by atoms with Gasteiger partial charge in [0, 0.05) is 25.1 Å². The number of hydrogen-bond acceptors (Lipinski definition) is 5. The molecule has 0 spiro atoms. The molecule has 0 fully saturated rings. The minimum atomic E-state index is 0.194. The molecule has 21 heavy (non-hydrogen) atoms. The van der Waals surface area contributed by atoms with Crippen LogP contribution in [0.25, 0.3) is 16.9 Å². The first-order chi connectivity index (χ1) is 10.0. The van der Waals surface area contributed by atoms with Crippen molar-refractivity contribution in [2.24, 2.45) is 5.41 Å². The van der Waals surface area contributed by atoms with Gasteiger partial charge in [-0.25, -0.2) is 14.5 Å². The van der Waals surface area contributed by atoms with Crippen LogP contribution < -0.4 is 5.32 Å². The van der Waals surface area contributed by atoms with E-state index in [2.05, 4.69) is 46.1 Å². The van der Waals surface area contributed by atoms with Gasteiger partial charge in [0.15, 0.2) is 5.82 Å². The highest BCUT2D eigenvalue weighted by Crippen LogP contribution is 2.21. The van der Waals surface area contributed by atoms with E-state index in [1.54, 1.807) is 35.5 Å². The van der Waals surface area contributed by atoms with Crippen LogP contribution in [0.2, 0.25) is 0 Å². The largest absolute Gasteiger partial charge is 0.369 e. The summed E-state index contributed by atoms with van der Waals surface area (Å²) in [6, 6.07) is 1.87. The van der Waals surface area contributed by atoms with E-state index in [-0.39, 0.29) is 5.41 Å². The Labute approximate surface area is 123 Å². The van der Waals surface area contributed by atoms with Gasteiger partial charge in [0.1, 0.15) is 5.82 Å². The lowest BCUT2D eigenvalue weighted by Crippen LogP contribution is -2.19. The topological polar surface area (TPSA) is 68.0 Å². The van der Waals surface area contributed by atoms with Crippen LogP contribution in [0.4, 0.5) is 5.82 Å². The Balaban J connectivity index is 1.92. The fourth-order valence-corrected chi connectivity index (χ4v) is 1.95. The molecule has 0 unspecified atom stereocenters. The summed E-state index contributed by atoms with van der Waals surface area (Å²) in [7, 11) is 0. The first-order valence-electron chi connectivity index (χ1n) is 6.88. The van der Waals surface area contributed by atoms with Crippen LogP contribution in [0, 0.1) is 5.41 Å². The molecule has 0 aliphatic heterocycles. The van der Waals surface area contributed by atoms with E-state index in [9.17, 15) is 0 Å². The summed E-state index contributed by atoms with van der Waals surface area (Å²) in [6.45, 7) is 7.39. The van der Waals surface area contributed by atoms with Crippen molar-refractivity contribution >= 4 is 11.3 Å². The third kappa shape index (κ3) is 2.99. The Hall–Kier alpha value is -2.50. The fourth-order valence-electron chi connectivity index (χ4n) is 1.95. The number of anilines is 1. The Morgan fingerprint density at radius 3 is 2.86 bits per heavy atom. The second-order valence-corrected chi connectivity index (χ2v) is 6.14. The predicted molar refractivity (Wildman–Crippen MR) is 82.0 cm³/mol. The molecule has 1 N–H and O–H groups in total. The maximum absolute atomic E-state index is 4.57. The number of rotatable bonds is 3. The van der Waals surface area contributed by atoms with E-state index in [0.717, 1.165) is 23.4 Å². The standard InChI is InChI=1S/C15H18N6/c1-15(2,3)10-18-13-4-5-17-14(20-13)11-8-19-21-7-6-16-9-12(11)21/h4-9H,10H2,1-3H3,(H,17,18,20). The maximum Gasteiger partial charge on any atom is 0.165 e. The van der Waals surface area contributed by atoms with Crippen LogP contribution in [-0.2, 0) is 0 Å². The summed E-state index contributed by atoms with van der Waals surface area (Å²) in [6.07, 6.45) is 8.79. The van der Waals surface area contributed by atoms with Crippen molar-refractivity contribution in [3.8, 4) is 11.4 Å². The molecule has 0 aliphatic carbocycles. The minimum Gasteiger partial charge on any atom is -0.369 e. The number of nitrogens with one attached hydrogen (secondary N) is 1. The van der Waals surface area contributed by atoms with E-state index in [4.69, 9.17) is 0 Å². The van der Waals surface area contributed by atoms with Crippen molar-refractivity contribution in [1.29, 1.82) is 0 Å². The summed E-state index contributed by atoms with van der Waals surface area (Å²) < 4.78 is 1.76. The van der Waals surface area contributed by atoms with Crippen LogP contribution in [0.3, 0.4) is 0 Å². The summed E-state index contributed by atoms with van der Waals surface area (Å²) in [5.74, 6) is 1.47. The summed E-state index contributed by atoms with van der Waals surface area (Å²) in [5.41, 5.74) is 1.97. The average molecular weight is 282 g/mol. The summed E-state index contributed by atoms with van der Waals surface area (Å²) in [5, 5.41) is 7.63. The van der Waals surface area contributed by atoms with Crippen molar-refractivity contribution < 1.29 is 0 Å². The number of aromatic nitrogens is 5. The molecule has 0 radical (unpaired) electrons. The van der Waals surface area contributed by atoms with Gasteiger partial charge in [-0.3, -0.25) is 4.98 Å². The molecule has 3 aromatic heterocycles. The lowest BCUT2D eigenvalue weighted by molar-refractivity contribution is 0.442. The molecule has 3 rings (SSSR count). The van der Waals surface area contributed by atoms with Crippen molar-refractivity contribution in [2.45, 2.75) is 20.8 Å². The fraction of sp³-hybridized carbons (Fsp3) is 0.333. The first kappa shape index (κ1) is 13.5. The molecule has 3 heterocycles. The molecule has 0 bridgehead atoms. The molecule has 0 aromatic carbocycles. The van der Waals surface area contributed by atoms with Crippen molar-refractivity contribution in [3.63, 3.8) is 0 Å². The number of hydrogen-bond donors (Lipinski definition) is 1. The zero-order valence-electron chi connectivity index (χ0n) is 12.4. The Morgan fingerprint density at radius 2 is 2.05 bits per heavy atom. The highest BCUT2D eigenvalue weighted by molar-refractivity contribution is 5.75. The molecule has 0 saturated heterocycles. The molecule has 0 saturated carbocycles. The highest BCUT2D eigenvalue weighted by Gasteiger charge is 2.12. The molecule has 0 amide bonds. The smallest absolute Gasteiger partial charge is 0.165 e. The predicted octanol–water partition coefficient (Wildman–Crippen LogP) is 2.64. The van der Waals surface area contributed by atoms with Gasteiger partial charge in [0.2, 0.25) is 0 Å². The highest BCUT2D eigenvalue weighted by atomic mass is 15.2. The van der Waals surface area contributed by atoms with Crippen molar-refractivity contribution in [1.82, 2.24) is 24.6 Å². The SMILES string of the molecule is CC(C)(C)CNc1ccnc(-c2cnn3ccncc23)n1. The lowest BCUT2D eigenvalue weighted by Gasteiger charge is -2.19. The molecule has 6 nitrogen and oxygen atoms in total. The van der Waals surface area contributed by atoms with Crippen LogP contribution in [-0.4, -0.2) is 31.1 Å². The third-order valence-electron chi connectivity index (χ3n) is 3.02. The van der Waals surface area contributed by atoms with E-state index in [1.165, 1.54) is 0 Å². The van der Waals surface area contributed by atoms with Crippen molar-refractivity contribution in [3.05, 3.63) is 37.1 Å². The summed E-state index contributed by atoms with van der Waals surface area (Å²) in [4.78, 5) is 13.0. The third-order valence-corrected chi connectivity index (χ3v) is 3.02. The monoisotopic (exact) mass is 282 g/mol. The zero-order chi connectivity index (χ0) is 14.9. The van der Waals surface area contributed by atoms with E-state index < -0.39 is 0 Å². The van der Waals surface area contributed by atoms with Crippen LogP contribution >= 0.6 is 0 Å². The van der Waals surface area contributed by atoms with Gasteiger partial charge in [-0.05, 0) is 11.5 Å². The van der Waals surface area contributed by atoms with Crippen LogP contribution in [0.5, 0.6) is 0 Å². The van der Waals surface area contributed by atoms with Crippen LogP contribution in [0.1, 0.15) is 20.8 Å². The van der Waals surface area contributed by atoms with Gasteiger partial charge in [-0.2, -0.15) is 5.10 Å². The Morgan fingerprint density at radius 1 is 1.19 bits per heavy atom. The van der Waals surface area contributed by atoms with Gasteiger partial charge in [0.25, 0.3) is 0 Å². The Bertz CT molecular complexity index is 756. The first-order valence-corrected chi connectivity index (χ1v) is 6.88. The Kier molecular flexibility index (Phi) is 3.29. The quantitative estimate of drug-likeness (QED) is 0.800. The normalized spacial score (nSPS) is 11.8. The lowest BCUT2D eigenvalue weighted by atomic mass is 9.97. The van der Waals surface area contributed by atoms with E-state index in [0.29, 0.717) is 5.82 Å². The van der Waals surface area contributed by atoms with Gasteiger partial charge in [0.05, 0.1) is 23.5 Å². The zero-order valence-corrected chi connectivity index (χ0v) is 12.4. The van der Waals surface area contributed by atoms with Gasteiger partial charge in [-0.1, -0.05) is 20.8 Å². The molecule has 0 aliphatic rings. The molecule has 6 heteroatoms. The van der Waals surface area contributed by atoms with E-state index >= 15 is 0 Å². The molecule has 108 valence electrons. The molecular formula is C15H18N6. The van der Waals surface area contributed by atoms with Gasteiger partial charge >= 0.3 is 0 Å². The van der Waals surface area contributed by atoms with Crippen LogP contribution in [0.15, 0.2) is 37.1 Å². The number of fused-ring (bicyclic) bond motifs is 1. The molecule has 3 aromatic rings. The number of nitrogens with zero attached hydrogens (tertiary/aromatic N) is 5. The van der Waals surface area contributed by atoms with Crippen molar-refractivity contribution in [2.75, 3.05) is 11.9 Å². The van der Waals surface area contributed by atoms with Gasteiger partial charge < -0.3 is 5.32 Å². The molecular weight excluding hydrogens is 264 g/mol. The maximum atomic E-state index is 4.57. The van der Waals surface area contributed by atoms with E-state index in [1.807, 2.05) is 6.07 Å². The summed E-state index contributed by atoms with van der Waals surface area (Å²) >= 11 is 0. The van der Waals surface area contributed by atoms with Gasteiger partial charge in [-0.15, -0.1) is 0 Å². The average Bonchev–Trinajstić information content (AvgIpc) is 2.89. The second-order valence-electron chi connectivity index (χ2n) is 6.14.